The van der Waals surface area contributed by atoms with E-state index in [0.29, 0.717) is 18.8 Å². The molecular weight excluding hydrogens is 280 g/mol. The number of halogens is 1. The molecule has 0 spiro atoms. The highest BCUT2D eigenvalue weighted by Crippen LogP contribution is 2.19. The standard InChI is InChI=1S/C13H20N4O2.ClH/c1-8-6-17(7-9(2)19-8)13(18)12-10-5-14-4-3-11(10)15-16-12;/h8-9,14H,3-7H2,1-2H3,(H,15,16);1H. The van der Waals surface area contributed by atoms with Crippen LogP contribution in [-0.2, 0) is 17.7 Å². The molecule has 0 saturated carbocycles. The first-order chi connectivity index (χ1) is 9.15. The van der Waals surface area contributed by atoms with Gasteiger partial charge in [0, 0.05) is 43.9 Å². The zero-order chi connectivity index (χ0) is 13.4. The number of nitrogens with zero attached hydrogens (tertiary/aromatic N) is 2. The maximum atomic E-state index is 12.6. The number of nitrogens with one attached hydrogen (secondary N) is 2. The largest absolute Gasteiger partial charge is 0.372 e. The normalized spacial score (nSPS) is 25.8. The number of aromatic amines is 1. The molecule has 0 bridgehead atoms. The lowest BCUT2D eigenvalue weighted by Crippen LogP contribution is -2.48. The van der Waals surface area contributed by atoms with Crippen molar-refractivity contribution in [1.29, 1.82) is 0 Å². The van der Waals surface area contributed by atoms with Crippen molar-refractivity contribution in [2.75, 3.05) is 19.6 Å². The summed E-state index contributed by atoms with van der Waals surface area (Å²) < 4.78 is 5.66. The molecule has 1 aromatic rings. The second-order valence-corrected chi connectivity index (χ2v) is 5.42. The Labute approximate surface area is 124 Å². The Morgan fingerprint density at radius 3 is 2.75 bits per heavy atom. The van der Waals surface area contributed by atoms with Gasteiger partial charge in [-0.3, -0.25) is 9.89 Å². The minimum atomic E-state index is 0. The summed E-state index contributed by atoms with van der Waals surface area (Å²) in [5.74, 6) is 0.0169. The van der Waals surface area contributed by atoms with E-state index in [1.54, 1.807) is 0 Å². The fourth-order valence-corrected chi connectivity index (χ4v) is 2.90. The molecule has 2 unspecified atom stereocenters. The monoisotopic (exact) mass is 300 g/mol. The molecule has 1 aromatic heterocycles. The van der Waals surface area contributed by atoms with Crippen LogP contribution >= 0.6 is 12.4 Å². The highest BCUT2D eigenvalue weighted by atomic mass is 35.5. The van der Waals surface area contributed by atoms with Gasteiger partial charge in [0.2, 0.25) is 0 Å². The molecule has 0 radical (unpaired) electrons. The first-order valence-electron chi connectivity index (χ1n) is 6.86. The minimum Gasteiger partial charge on any atom is -0.372 e. The maximum Gasteiger partial charge on any atom is 0.274 e. The van der Waals surface area contributed by atoms with Crippen molar-refractivity contribution < 1.29 is 9.53 Å². The number of hydrogen-bond acceptors (Lipinski definition) is 4. The van der Waals surface area contributed by atoms with E-state index in [2.05, 4.69) is 15.5 Å². The number of H-pyrrole nitrogens is 1. The van der Waals surface area contributed by atoms with Gasteiger partial charge >= 0.3 is 0 Å². The Morgan fingerprint density at radius 2 is 2.05 bits per heavy atom. The lowest BCUT2D eigenvalue weighted by Gasteiger charge is -2.35. The van der Waals surface area contributed by atoms with Crippen molar-refractivity contribution >= 4 is 18.3 Å². The van der Waals surface area contributed by atoms with E-state index in [4.69, 9.17) is 4.74 Å². The summed E-state index contributed by atoms with van der Waals surface area (Å²) in [6.45, 7) is 6.93. The number of aromatic nitrogens is 2. The molecule has 7 heteroatoms. The van der Waals surface area contributed by atoms with Gasteiger partial charge in [-0.05, 0) is 13.8 Å². The van der Waals surface area contributed by atoms with E-state index in [-0.39, 0.29) is 30.5 Å². The number of hydrogen-bond donors (Lipinski definition) is 2. The summed E-state index contributed by atoms with van der Waals surface area (Å²) in [6, 6.07) is 0. The number of amides is 1. The number of rotatable bonds is 1. The van der Waals surface area contributed by atoms with Crippen molar-refractivity contribution in [2.24, 2.45) is 0 Å². The van der Waals surface area contributed by atoms with Crippen molar-refractivity contribution in [3.8, 4) is 0 Å². The molecule has 1 saturated heterocycles. The average molecular weight is 301 g/mol. The zero-order valence-corrected chi connectivity index (χ0v) is 12.6. The Kier molecular flexibility index (Phi) is 4.67. The predicted molar refractivity (Wildman–Crippen MR) is 77.2 cm³/mol. The Morgan fingerprint density at radius 1 is 1.35 bits per heavy atom. The summed E-state index contributed by atoms with van der Waals surface area (Å²) in [5, 5.41) is 10.5. The van der Waals surface area contributed by atoms with Crippen molar-refractivity contribution in [2.45, 2.75) is 39.0 Å². The van der Waals surface area contributed by atoms with E-state index in [0.717, 1.165) is 30.8 Å². The highest BCUT2D eigenvalue weighted by molar-refractivity contribution is 5.94. The third-order valence-electron chi connectivity index (χ3n) is 3.72. The second-order valence-electron chi connectivity index (χ2n) is 5.42. The van der Waals surface area contributed by atoms with E-state index >= 15 is 0 Å². The molecule has 2 N–H and O–H groups in total. The fourth-order valence-electron chi connectivity index (χ4n) is 2.90. The van der Waals surface area contributed by atoms with Crippen LogP contribution < -0.4 is 5.32 Å². The molecule has 20 heavy (non-hydrogen) atoms. The van der Waals surface area contributed by atoms with Gasteiger partial charge in [-0.2, -0.15) is 5.10 Å². The van der Waals surface area contributed by atoms with Crippen LogP contribution in [0.15, 0.2) is 0 Å². The van der Waals surface area contributed by atoms with Crippen LogP contribution in [0.4, 0.5) is 0 Å². The number of carbonyl (C=O) groups excluding carboxylic acids is 1. The van der Waals surface area contributed by atoms with Crippen molar-refractivity contribution in [3.05, 3.63) is 17.0 Å². The molecule has 3 heterocycles. The molecule has 1 fully saturated rings. The smallest absolute Gasteiger partial charge is 0.274 e. The van der Waals surface area contributed by atoms with Crippen LogP contribution in [0.3, 0.4) is 0 Å². The Hall–Kier alpha value is -1.11. The van der Waals surface area contributed by atoms with Gasteiger partial charge in [-0.15, -0.1) is 12.4 Å². The summed E-state index contributed by atoms with van der Waals surface area (Å²) >= 11 is 0. The summed E-state index contributed by atoms with van der Waals surface area (Å²) in [5.41, 5.74) is 2.70. The molecule has 112 valence electrons. The quantitative estimate of drug-likeness (QED) is 0.802. The number of fused-ring (bicyclic) bond motifs is 1. The van der Waals surface area contributed by atoms with Crippen molar-refractivity contribution in [3.63, 3.8) is 0 Å². The van der Waals surface area contributed by atoms with Gasteiger partial charge in [0.15, 0.2) is 5.69 Å². The zero-order valence-electron chi connectivity index (χ0n) is 11.8. The SMILES string of the molecule is CC1CN(C(=O)c2n[nH]c3c2CNCC3)CC(C)O1.Cl. The third kappa shape index (κ3) is 2.82. The third-order valence-corrected chi connectivity index (χ3v) is 3.72. The second kappa shape index (κ2) is 6.11. The van der Waals surface area contributed by atoms with Gasteiger partial charge in [0.1, 0.15) is 0 Å². The van der Waals surface area contributed by atoms with E-state index < -0.39 is 0 Å². The van der Waals surface area contributed by atoms with Crippen LogP contribution in [-0.4, -0.2) is 52.8 Å². The van der Waals surface area contributed by atoms with Gasteiger partial charge < -0.3 is 15.0 Å². The van der Waals surface area contributed by atoms with Crippen LogP contribution in [0.5, 0.6) is 0 Å². The summed E-state index contributed by atoms with van der Waals surface area (Å²) in [4.78, 5) is 14.4. The first kappa shape index (κ1) is 15.3. The molecule has 2 aliphatic heterocycles. The van der Waals surface area contributed by atoms with E-state index in [1.807, 2.05) is 18.7 Å². The highest BCUT2D eigenvalue weighted by Gasteiger charge is 2.30. The summed E-state index contributed by atoms with van der Waals surface area (Å²) in [6.07, 6.45) is 1.08. The lowest BCUT2D eigenvalue weighted by molar-refractivity contribution is -0.0587. The Bertz CT molecular complexity index is 481. The van der Waals surface area contributed by atoms with Gasteiger partial charge in [-0.1, -0.05) is 0 Å². The number of morpholine rings is 1. The number of ether oxygens (including phenoxy) is 1. The molecule has 1 amide bonds. The predicted octanol–water partition coefficient (Wildman–Crippen LogP) is 0.727. The fraction of sp³-hybridized carbons (Fsp3) is 0.692. The number of carbonyl (C=O) groups is 1. The van der Waals surface area contributed by atoms with E-state index in [9.17, 15) is 4.79 Å². The van der Waals surface area contributed by atoms with Crippen LogP contribution in [0.1, 0.15) is 35.6 Å². The minimum absolute atomic E-state index is 0. The van der Waals surface area contributed by atoms with Gasteiger partial charge in [-0.25, -0.2) is 0 Å². The molecule has 2 atom stereocenters. The molecular formula is C13H21ClN4O2. The Balaban J connectivity index is 0.00000147. The molecule has 3 rings (SSSR count). The lowest BCUT2D eigenvalue weighted by atomic mass is 10.1. The maximum absolute atomic E-state index is 12.6. The molecule has 0 aromatic carbocycles. The first-order valence-corrected chi connectivity index (χ1v) is 6.86. The van der Waals surface area contributed by atoms with Gasteiger partial charge in [0.25, 0.3) is 5.91 Å². The summed E-state index contributed by atoms with van der Waals surface area (Å²) in [7, 11) is 0. The molecule has 2 aliphatic rings. The van der Waals surface area contributed by atoms with Crippen LogP contribution in [0.25, 0.3) is 0 Å². The van der Waals surface area contributed by atoms with Gasteiger partial charge in [0.05, 0.1) is 12.2 Å². The van der Waals surface area contributed by atoms with Crippen LogP contribution in [0, 0.1) is 0 Å². The topological polar surface area (TPSA) is 70.2 Å². The molecule has 0 aliphatic carbocycles. The van der Waals surface area contributed by atoms with E-state index in [1.165, 1.54) is 0 Å². The van der Waals surface area contributed by atoms with Crippen LogP contribution in [0.2, 0.25) is 0 Å². The molecule has 6 nitrogen and oxygen atoms in total. The average Bonchev–Trinajstić information content (AvgIpc) is 2.80. The van der Waals surface area contributed by atoms with Crippen molar-refractivity contribution in [1.82, 2.24) is 20.4 Å².